The van der Waals surface area contributed by atoms with Gasteiger partial charge in [-0.3, -0.25) is 9.09 Å². The van der Waals surface area contributed by atoms with E-state index in [9.17, 15) is 23.5 Å². The number of ether oxygens (including phenoxy) is 1. The number of nitrogen functional groups attached to an aromatic ring is 2. The second-order valence-electron chi connectivity index (χ2n) is 6.32. The standard InChI is InChI=1S/C10H16N9O11P3/c11-8-7-9(16-10(12)15-8)19(3-14-7)6-1-4(17-18-13)5(28-6)2-27-32(23,24)30-33(25,26)29-31(20,21)22/h3-6H,1-2H2,(H,23,24)(H,25,26)(H2,20,21,22)(H4,11,12,15,16)/t4-,5+,6+/m1/s1. The summed E-state index contributed by atoms with van der Waals surface area (Å²) in [5.74, 6) is -0.138. The number of hydrogen-bond donors (Lipinski definition) is 6. The molecule has 0 aromatic carbocycles. The van der Waals surface area contributed by atoms with E-state index in [2.05, 4.69) is 38.1 Å². The van der Waals surface area contributed by atoms with Crippen LogP contribution in [0, 0.1) is 0 Å². The molecule has 0 amide bonds. The Labute approximate surface area is 182 Å². The average molecular weight is 531 g/mol. The fraction of sp³-hybridized carbons (Fsp3) is 0.500. The van der Waals surface area contributed by atoms with Crippen LogP contribution in [0.1, 0.15) is 12.6 Å². The van der Waals surface area contributed by atoms with Gasteiger partial charge in [-0.1, -0.05) is 5.11 Å². The van der Waals surface area contributed by atoms with Gasteiger partial charge < -0.3 is 35.8 Å². The van der Waals surface area contributed by atoms with Crippen LogP contribution in [0.2, 0.25) is 0 Å². The Bertz CT molecular complexity index is 1240. The number of hydrogen-bond acceptors (Lipinski definition) is 13. The molecule has 0 spiro atoms. The molecule has 23 heteroatoms. The molecule has 3 rings (SSSR count). The highest BCUT2D eigenvalue weighted by Crippen LogP contribution is 2.66. The predicted molar refractivity (Wildman–Crippen MR) is 105 cm³/mol. The second kappa shape index (κ2) is 9.23. The number of phosphoric acid groups is 3. The van der Waals surface area contributed by atoms with Crippen molar-refractivity contribution in [1.82, 2.24) is 19.5 Å². The first-order chi connectivity index (χ1) is 15.2. The van der Waals surface area contributed by atoms with Gasteiger partial charge in [-0.25, -0.2) is 18.7 Å². The molecule has 5 atom stereocenters. The summed E-state index contributed by atoms with van der Waals surface area (Å²) in [6, 6.07) is -0.957. The molecular weight excluding hydrogens is 515 g/mol. The largest absolute Gasteiger partial charge is 0.490 e. The van der Waals surface area contributed by atoms with E-state index in [1.807, 2.05) is 0 Å². The maximum Gasteiger partial charge on any atom is 0.490 e. The number of fused-ring (bicyclic) bond motifs is 1. The molecular formula is C10H16N9O11P3. The maximum absolute atomic E-state index is 11.9. The number of anilines is 2. The lowest BCUT2D eigenvalue weighted by atomic mass is 10.1. The summed E-state index contributed by atoms with van der Waals surface area (Å²) in [5.41, 5.74) is 20.5. The van der Waals surface area contributed by atoms with Gasteiger partial charge in [0.2, 0.25) is 5.95 Å². The van der Waals surface area contributed by atoms with Gasteiger partial charge in [0.05, 0.1) is 25.1 Å². The number of nitrogens with zero attached hydrogens (tertiary/aromatic N) is 7. The van der Waals surface area contributed by atoms with E-state index < -0.39 is 48.4 Å². The van der Waals surface area contributed by atoms with Gasteiger partial charge in [0, 0.05) is 11.3 Å². The van der Waals surface area contributed by atoms with Crippen molar-refractivity contribution in [2.24, 2.45) is 5.11 Å². The quantitative estimate of drug-likeness (QED) is 0.110. The lowest BCUT2D eigenvalue weighted by Crippen LogP contribution is -2.24. The minimum absolute atomic E-state index is 0.00468. The van der Waals surface area contributed by atoms with Gasteiger partial charge in [-0.05, 0) is 5.53 Å². The smallest absolute Gasteiger partial charge is 0.382 e. The number of imidazole rings is 1. The van der Waals surface area contributed by atoms with Gasteiger partial charge in [0.1, 0.15) is 11.7 Å². The van der Waals surface area contributed by atoms with Crippen LogP contribution >= 0.6 is 23.5 Å². The molecule has 1 aliphatic rings. The van der Waals surface area contributed by atoms with Crippen LogP contribution in [0.4, 0.5) is 11.8 Å². The van der Waals surface area contributed by atoms with Gasteiger partial charge in [0.15, 0.2) is 11.5 Å². The summed E-state index contributed by atoms with van der Waals surface area (Å²) in [7, 11) is -16.6. The van der Waals surface area contributed by atoms with Crippen molar-refractivity contribution in [1.29, 1.82) is 0 Å². The van der Waals surface area contributed by atoms with E-state index in [0.717, 1.165) is 0 Å². The molecule has 20 nitrogen and oxygen atoms in total. The number of nitrogens with two attached hydrogens (primary N) is 2. The third kappa shape index (κ3) is 6.45. The van der Waals surface area contributed by atoms with Crippen molar-refractivity contribution in [3.63, 3.8) is 0 Å². The zero-order chi connectivity index (χ0) is 24.6. The molecule has 33 heavy (non-hydrogen) atoms. The van der Waals surface area contributed by atoms with Crippen LogP contribution in [0.25, 0.3) is 21.6 Å². The first-order valence-electron chi connectivity index (χ1n) is 8.43. The van der Waals surface area contributed by atoms with E-state index >= 15 is 0 Å². The van der Waals surface area contributed by atoms with E-state index in [0.29, 0.717) is 0 Å². The monoisotopic (exact) mass is 531 g/mol. The fourth-order valence-electron chi connectivity index (χ4n) is 2.86. The number of phosphoric ester groups is 1. The van der Waals surface area contributed by atoms with Crippen LogP contribution in [-0.2, 0) is 31.6 Å². The minimum Gasteiger partial charge on any atom is -0.382 e. The molecule has 8 N–H and O–H groups in total. The third-order valence-corrected chi connectivity index (χ3v) is 7.80. The van der Waals surface area contributed by atoms with Crippen LogP contribution in [0.5, 0.6) is 0 Å². The van der Waals surface area contributed by atoms with Crippen LogP contribution in [-0.4, -0.2) is 57.8 Å². The third-order valence-electron chi connectivity index (χ3n) is 4.00. The molecule has 0 radical (unpaired) electrons. The van der Waals surface area contributed by atoms with Crippen molar-refractivity contribution in [2.75, 3.05) is 18.1 Å². The summed E-state index contributed by atoms with van der Waals surface area (Å²) in [6.07, 6.45) is -0.736. The molecule has 2 unspecified atom stereocenters. The first kappa shape index (κ1) is 25.5. The van der Waals surface area contributed by atoms with Gasteiger partial charge >= 0.3 is 23.5 Å². The van der Waals surface area contributed by atoms with Crippen molar-refractivity contribution in [2.45, 2.75) is 24.8 Å². The zero-order valence-corrected chi connectivity index (χ0v) is 18.7. The Hall–Kier alpha value is -2.17. The molecule has 1 saturated heterocycles. The predicted octanol–water partition coefficient (Wildman–Crippen LogP) is 0.300. The summed E-state index contributed by atoms with van der Waals surface area (Å²) in [4.78, 5) is 50.4. The van der Waals surface area contributed by atoms with E-state index in [-0.39, 0.29) is 29.4 Å². The Morgan fingerprint density at radius 3 is 2.55 bits per heavy atom. The molecule has 3 heterocycles. The van der Waals surface area contributed by atoms with Crippen molar-refractivity contribution in [3.8, 4) is 0 Å². The molecule has 1 aliphatic heterocycles. The molecule has 2 aromatic rings. The SMILES string of the molecule is [N-]=[N+]=N[C@@H]1C[C@@H](n2cnc3c(N)nc(N)nc32)O[C@H]1COP(=O)(O)OP(=O)(O)OP(=O)(O)O. The Morgan fingerprint density at radius 1 is 1.21 bits per heavy atom. The fourth-order valence-corrected chi connectivity index (χ4v) is 5.89. The summed E-state index contributed by atoms with van der Waals surface area (Å²) in [5, 5.41) is 3.52. The highest BCUT2D eigenvalue weighted by atomic mass is 31.3. The van der Waals surface area contributed by atoms with Crippen molar-refractivity contribution < 1.29 is 51.2 Å². The Balaban J connectivity index is 1.75. The molecule has 0 aliphatic carbocycles. The summed E-state index contributed by atoms with van der Waals surface area (Å²) in [6.45, 7) is -0.810. The van der Waals surface area contributed by atoms with Gasteiger partial charge in [0.25, 0.3) is 0 Å². The number of rotatable bonds is 9. The summed E-state index contributed by atoms with van der Waals surface area (Å²) >= 11 is 0. The number of aromatic nitrogens is 4. The Kier molecular flexibility index (Phi) is 7.12. The van der Waals surface area contributed by atoms with Gasteiger partial charge in [-0.15, -0.1) is 0 Å². The molecule has 0 bridgehead atoms. The molecule has 1 fully saturated rings. The van der Waals surface area contributed by atoms with Crippen LogP contribution < -0.4 is 11.5 Å². The lowest BCUT2D eigenvalue weighted by molar-refractivity contribution is -0.0230. The van der Waals surface area contributed by atoms with Crippen molar-refractivity contribution in [3.05, 3.63) is 16.8 Å². The average Bonchev–Trinajstić information content (AvgIpc) is 3.21. The van der Waals surface area contributed by atoms with Crippen molar-refractivity contribution >= 4 is 46.4 Å². The highest BCUT2D eigenvalue weighted by molar-refractivity contribution is 7.66. The normalized spacial score (nSPS) is 24.8. The van der Waals surface area contributed by atoms with Crippen LogP contribution in [0.15, 0.2) is 11.4 Å². The zero-order valence-electron chi connectivity index (χ0n) is 16.0. The Morgan fingerprint density at radius 2 is 1.91 bits per heavy atom. The molecule has 0 saturated carbocycles. The highest BCUT2D eigenvalue weighted by Gasteiger charge is 2.43. The lowest BCUT2D eigenvalue weighted by Gasteiger charge is -2.19. The summed E-state index contributed by atoms with van der Waals surface area (Å²) < 4.78 is 52.9. The number of azide groups is 1. The van der Waals surface area contributed by atoms with E-state index in [4.69, 9.17) is 31.5 Å². The molecule has 2 aromatic heterocycles. The first-order valence-corrected chi connectivity index (χ1v) is 13.0. The van der Waals surface area contributed by atoms with Crippen LogP contribution in [0.3, 0.4) is 0 Å². The van der Waals surface area contributed by atoms with Gasteiger partial charge in [-0.2, -0.15) is 18.6 Å². The minimum atomic E-state index is -5.69. The van der Waals surface area contributed by atoms with E-state index in [1.165, 1.54) is 10.9 Å². The molecule has 182 valence electrons. The van der Waals surface area contributed by atoms with E-state index in [1.54, 1.807) is 0 Å². The maximum atomic E-state index is 11.9. The topological polar surface area (TPSA) is 313 Å². The second-order valence-corrected chi connectivity index (χ2v) is 10.7.